The van der Waals surface area contributed by atoms with E-state index in [0.717, 1.165) is 21.7 Å². The van der Waals surface area contributed by atoms with Crippen molar-refractivity contribution >= 4 is 16.8 Å². The minimum absolute atomic E-state index is 0.507. The summed E-state index contributed by atoms with van der Waals surface area (Å²) in [4.78, 5) is 8.82. The number of methoxy groups -OCH3 is 1. The third-order valence-corrected chi connectivity index (χ3v) is 3.52. The Hall–Kier alpha value is -2.64. The number of hydrazine groups is 2. The van der Waals surface area contributed by atoms with E-state index in [1.165, 1.54) is 0 Å². The van der Waals surface area contributed by atoms with Gasteiger partial charge in [-0.1, -0.05) is 0 Å². The number of hydrogen-bond donors (Lipinski definition) is 2. The lowest BCUT2D eigenvalue weighted by Gasteiger charge is -2.16. The standard InChI is InChI=1S/C15H17N5O2/c1-8-4-10-13(5-9(8)18-2)22-14-7-12(20(16)17)15(21-3)6-11(14)19-10/h4-7H,16-17H2,1-3H3. The van der Waals surface area contributed by atoms with E-state index in [1.54, 1.807) is 26.3 Å². The fourth-order valence-corrected chi connectivity index (χ4v) is 2.39. The monoisotopic (exact) mass is 299 g/mol. The third kappa shape index (κ3) is 2.26. The Balaban J connectivity index is 2.36. The van der Waals surface area contributed by atoms with E-state index in [2.05, 4.69) is 9.98 Å². The predicted octanol–water partition coefficient (Wildman–Crippen LogP) is 1.33. The molecular formula is C15H17N5O2. The molecule has 0 saturated carbocycles. The molecular weight excluding hydrogens is 282 g/mol. The van der Waals surface area contributed by atoms with Crippen LogP contribution in [0.25, 0.3) is 22.6 Å². The van der Waals surface area contributed by atoms with Crippen LogP contribution in [0.15, 0.2) is 33.7 Å². The second kappa shape index (κ2) is 5.28. The van der Waals surface area contributed by atoms with Crippen molar-refractivity contribution in [3.8, 4) is 17.2 Å². The molecule has 0 fully saturated rings. The molecule has 0 aromatic heterocycles. The molecule has 4 N–H and O–H groups in total. The number of nitrogens with two attached hydrogens (primary N) is 2. The minimum atomic E-state index is 0.507. The van der Waals surface area contributed by atoms with Crippen LogP contribution in [0.5, 0.6) is 5.75 Å². The molecule has 114 valence electrons. The molecule has 1 heterocycles. The Kier molecular flexibility index (Phi) is 3.44. The summed E-state index contributed by atoms with van der Waals surface area (Å²) in [5, 5.41) is 1.85. The van der Waals surface area contributed by atoms with E-state index >= 15 is 0 Å². The first kappa shape index (κ1) is 14.3. The van der Waals surface area contributed by atoms with Gasteiger partial charge in [-0.15, -0.1) is 0 Å². The van der Waals surface area contributed by atoms with Gasteiger partial charge in [0.05, 0.1) is 12.5 Å². The lowest BCUT2D eigenvalue weighted by atomic mass is 10.1. The molecule has 7 nitrogen and oxygen atoms in total. The molecule has 0 radical (unpaired) electrons. The Bertz CT molecular complexity index is 885. The average Bonchev–Trinajstić information content (AvgIpc) is 2.50. The Morgan fingerprint density at radius 1 is 1.23 bits per heavy atom. The Morgan fingerprint density at radius 2 is 2.00 bits per heavy atom. The smallest absolute Gasteiger partial charge is 0.155 e. The van der Waals surface area contributed by atoms with Crippen molar-refractivity contribution in [2.45, 2.75) is 6.92 Å². The average molecular weight is 299 g/mol. The lowest BCUT2D eigenvalue weighted by molar-refractivity contribution is 0.414. The molecule has 0 atom stereocenters. The van der Waals surface area contributed by atoms with Gasteiger partial charge >= 0.3 is 0 Å². The molecule has 0 amide bonds. The summed E-state index contributed by atoms with van der Waals surface area (Å²) in [5.41, 5.74) is 3.53. The summed E-state index contributed by atoms with van der Waals surface area (Å²) in [7, 11) is 3.29. The molecule has 0 bridgehead atoms. The number of rotatable bonds is 2. The highest BCUT2D eigenvalue weighted by molar-refractivity contribution is 5.83. The number of fused-ring (bicyclic) bond motifs is 2. The highest BCUT2D eigenvalue weighted by Gasteiger charge is 2.15. The minimum Gasteiger partial charge on any atom is -0.494 e. The van der Waals surface area contributed by atoms with Crippen LogP contribution in [0.3, 0.4) is 0 Å². The van der Waals surface area contributed by atoms with Crippen LogP contribution in [0.1, 0.15) is 5.56 Å². The second-order valence-corrected chi connectivity index (χ2v) is 4.94. The van der Waals surface area contributed by atoms with Crippen LogP contribution in [0, 0.1) is 6.92 Å². The number of anilines is 1. The van der Waals surface area contributed by atoms with Gasteiger partial charge in [0.15, 0.2) is 11.3 Å². The van der Waals surface area contributed by atoms with Crippen LogP contribution in [-0.4, -0.2) is 19.1 Å². The quantitative estimate of drug-likeness (QED) is 0.420. The largest absolute Gasteiger partial charge is 0.494 e. The first-order chi connectivity index (χ1) is 10.5. The highest BCUT2D eigenvalue weighted by Crippen LogP contribution is 2.33. The maximum absolute atomic E-state index is 5.92. The van der Waals surface area contributed by atoms with Crippen LogP contribution in [0.4, 0.5) is 5.69 Å². The van der Waals surface area contributed by atoms with Gasteiger partial charge in [0.2, 0.25) is 0 Å². The zero-order valence-electron chi connectivity index (χ0n) is 12.6. The zero-order valence-corrected chi connectivity index (χ0v) is 12.6. The summed E-state index contributed by atoms with van der Waals surface area (Å²) in [6, 6.07) is 7.25. The fourth-order valence-electron chi connectivity index (χ4n) is 2.39. The van der Waals surface area contributed by atoms with Gasteiger partial charge in [-0.25, -0.2) is 21.8 Å². The lowest BCUT2D eigenvalue weighted by Crippen LogP contribution is -2.38. The number of benzene rings is 2. The molecule has 3 rings (SSSR count). The van der Waals surface area contributed by atoms with Gasteiger partial charge < -0.3 is 9.15 Å². The number of hydrogen-bond acceptors (Lipinski definition) is 7. The molecule has 7 heteroatoms. The first-order valence-electron chi connectivity index (χ1n) is 6.69. The van der Waals surface area contributed by atoms with Crippen LogP contribution in [-0.2, 0) is 0 Å². The Labute approximate surface area is 127 Å². The van der Waals surface area contributed by atoms with Crippen LogP contribution >= 0.6 is 0 Å². The molecule has 22 heavy (non-hydrogen) atoms. The zero-order chi connectivity index (χ0) is 15.9. The molecule has 1 aromatic rings. The first-order valence-corrected chi connectivity index (χ1v) is 6.69. The molecule has 2 aliphatic rings. The number of aryl methyl sites for hydroxylation is 1. The van der Waals surface area contributed by atoms with E-state index in [-0.39, 0.29) is 0 Å². The van der Waals surface area contributed by atoms with Crippen molar-refractivity contribution in [2.24, 2.45) is 16.7 Å². The van der Waals surface area contributed by atoms with Crippen LogP contribution < -0.4 is 26.9 Å². The maximum Gasteiger partial charge on any atom is 0.155 e. The van der Waals surface area contributed by atoms with E-state index in [9.17, 15) is 0 Å². The van der Waals surface area contributed by atoms with E-state index < -0.39 is 0 Å². The van der Waals surface area contributed by atoms with Gasteiger partial charge in [0, 0.05) is 25.2 Å². The second-order valence-electron chi connectivity index (χ2n) is 4.94. The third-order valence-electron chi connectivity index (χ3n) is 3.52. The van der Waals surface area contributed by atoms with Gasteiger partial charge in [0.1, 0.15) is 22.6 Å². The molecule has 1 aromatic carbocycles. The molecule has 0 spiro atoms. The van der Waals surface area contributed by atoms with Crippen molar-refractivity contribution < 1.29 is 9.15 Å². The van der Waals surface area contributed by atoms with E-state index in [1.807, 2.05) is 19.1 Å². The van der Waals surface area contributed by atoms with E-state index in [4.69, 9.17) is 20.8 Å². The van der Waals surface area contributed by atoms with Crippen molar-refractivity contribution in [1.29, 1.82) is 0 Å². The summed E-state index contributed by atoms with van der Waals surface area (Å²) < 4.78 is 11.2. The van der Waals surface area contributed by atoms with Gasteiger partial charge in [0.25, 0.3) is 0 Å². The summed E-state index contributed by atoms with van der Waals surface area (Å²) >= 11 is 0. The Morgan fingerprint density at radius 3 is 2.64 bits per heavy atom. The summed E-state index contributed by atoms with van der Waals surface area (Å²) in [5.74, 6) is 12.4. The fraction of sp³-hybridized carbons (Fsp3) is 0.200. The maximum atomic E-state index is 5.92. The van der Waals surface area contributed by atoms with Gasteiger partial charge in [-0.2, -0.15) is 0 Å². The SMILES string of the molecule is CN=c1cc2oc3cc(N(N)N)c(OC)cc3nc-2cc1C. The van der Waals surface area contributed by atoms with Crippen molar-refractivity contribution in [1.82, 2.24) is 4.98 Å². The molecule has 1 aliphatic carbocycles. The normalized spacial score (nSPS) is 12.1. The molecule has 0 unspecified atom stereocenters. The highest BCUT2D eigenvalue weighted by atomic mass is 16.5. The van der Waals surface area contributed by atoms with Crippen molar-refractivity contribution in [2.75, 3.05) is 19.3 Å². The number of nitrogens with zero attached hydrogens (tertiary/aromatic N) is 3. The molecule has 0 saturated heterocycles. The van der Waals surface area contributed by atoms with Crippen molar-refractivity contribution in [3.63, 3.8) is 0 Å². The predicted molar refractivity (Wildman–Crippen MR) is 84.3 cm³/mol. The summed E-state index contributed by atoms with van der Waals surface area (Å²) in [6.45, 7) is 1.98. The molecule has 1 aliphatic heterocycles. The number of aromatic nitrogens is 1. The van der Waals surface area contributed by atoms with Gasteiger partial charge in [-0.05, 0) is 18.6 Å². The summed E-state index contributed by atoms with van der Waals surface area (Å²) in [6.07, 6.45) is 0. The topological polar surface area (TPSA) is 103 Å². The van der Waals surface area contributed by atoms with E-state index in [0.29, 0.717) is 28.3 Å². The van der Waals surface area contributed by atoms with Crippen molar-refractivity contribution in [3.05, 3.63) is 35.2 Å². The number of ether oxygens (including phenoxy) is 1. The van der Waals surface area contributed by atoms with Gasteiger partial charge in [-0.3, -0.25) is 4.99 Å². The van der Waals surface area contributed by atoms with Crippen LogP contribution in [0.2, 0.25) is 0 Å².